The number of amides is 1. The Kier molecular flexibility index (Phi) is 5.40. The lowest BCUT2D eigenvalue weighted by Crippen LogP contribution is -2.26. The van der Waals surface area contributed by atoms with Crippen molar-refractivity contribution in [1.82, 2.24) is 14.5 Å². The van der Waals surface area contributed by atoms with E-state index in [1.54, 1.807) is 6.21 Å². The fourth-order valence-corrected chi connectivity index (χ4v) is 4.20. The lowest BCUT2D eigenvalue weighted by atomic mass is 10.1. The number of ether oxygens (including phenoxy) is 1. The Balaban J connectivity index is 1.62. The lowest BCUT2D eigenvalue weighted by molar-refractivity contribution is -0.119. The molecule has 174 valence electrons. The monoisotopic (exact) mass is 459 g/mol. The first-order valence-corrected chi connectivity index (χ1v) is 11.1. The summed E-state index contributed by atoms with van der Waals surface area (Å²) in [6, 6.07) is 9.08. The maximum Gasteiger partial charge on any atom is 0.292 e. The number of benzene rings is 2. The maximum atomic E-state index is 11.6. The molecule has 4 aromatic rings. The maximum absolute atomic E-state index is 11.6. The van der Waals surface area contributed by atoms with Crippen LogP contribution in [-0.2, 0) is 11.3 Å². The number of aliphatic imine (C=N–C) groups is 1. The molecule has 1 aliphatic rings. The summed E-state index contributed by atoms with van der Waals surface area (Å²) in [7, 11) is 0. The molecule has 10 heteroatoms. The highest BCUT2D eigenvalue weighted by Gasteiger charge is 2.21. The minimum atomic E-state index is -0.609. The molecule has 1 atom stereocenters. The first kappa shape index (κ1) is 21.5. The van der Waals surface area contributed by atoms with E-state index >= 15 is 0 Å². The second-order valence-corrected chi connectivity index (χ2v) is 8.09. The second kappa shape index (κ2) is 8.54. The van der Waals surface area contributed by atoms with Crippen LogP contribution < -0.4 is 21.9 Å². The molecule has 1 amide bonds. The van der Waals surface area contributed by atoms with Gasteiger partial charge in [-0.1, -0.05) is 6.92 Å². The first-order valence-electron chi connectivity index (χ1n) is 11.1. The summed E-state index contributed by atoms with van der Waals surface area (Å²) in [5, 5.41) is 0. The van der Waals surface area contributed by atoms with Gasteiger partial charge in [0.2, 0.25) is 5.91 Å². The molecule has 6 N–H and O–H groups in total. The van der Waals surface area contributed by atoms with Gasteiger partial charge in [-0.15, -0.1) is 0 Å². The van der Waals surface area contributed by atoms with E-state index in [4.69, 9.17) is 31.3 Å². The smallest absolute Gasteiger partial charge is 0.292 e. The van der Waals surface area contributed by atoms with Gasteiger partial charge < -0.3 is 30.9 Å². The van der Waals surface area contributed by atoms with Crippen LogP contribution in [0.4, 0.5) is 6.01 Å². The van der Waals surface area contributed by atoms with E-state index < -0.39 is 11.9 Å². The Hall–Kier alpha value is -4.34. The van der Waals surface area contributed by atoms with Gasteiger partial charge in [0.15, 0.2) is 5.58 Å². The number of hydrogen-bond acceptors (Lipinski definition) is 8. The van der Waals surface area contributed by atoms with Crippen molar-refractivity contribution in [3.63, 3.8) is 0 Å². The van der Waals surface area contributed by atoms with Crippen molar-refractivity contribution >= 4 is 45.8 Å². The SMILES string of the molecule is CC[C@@H](N=CC(=CN)c1cc2c3c(c1)nc(-c1ccc4oc(N)nc4c1)n3CCCO2)C(N)=O. The van der Waals surface area contributed by atoms with Crippen LogP contribution >= 0.6 is 0 Å². The summed E-state index contributed by atoms with van der Waals surface area (Å²) in [5.74, 6) is 1.04. The molecule has 34 heavy (non-hydrogen) atoms. The topological polar surface area (TPSA) is 161 Å². The number of anilines is 1. The molecule has 0 saturated heterocycles. The summed E-state index contributed by atoms with van der Waals surface area (Å²) >= 11 is 0. The van der Waals surface area contributed by atoms with Crippen molar-refractivity contribution < 1.29 is 13.9 Å². The first-order chi connectivity index (χ1) is 16.5. The number of imidazole rings is 1. The standard InChI is InChI=1S/C24H25N7O3/c1-2-16(22(26)32)28-12-15(11-25)14-9-18-21-20(10-14)33-7-3-6-31(21)23(29-18)13-4-5-19-17(8-13)30-24(27)34-19/h4-5,8-12,16H,2-3,6-7,25H2,1H3,(H2,26,32)(H2,27,30)/t16-/m1/s1. The predicted octanol–water partition coefficient (Wildman–Crippen LogP) is 2.84. The average molecular weight is 460 g/mol. The highest BCUT2D eigenvalue weighted by molar-refractivity contribution is 6.11. The van der Waals surface area contributed by atoms with Gasteiger partial charge in [-0.05, 0) is 48.7 Å². The van der Waals surface area contributed by atoms with Crippen LogP contribution in [0, 0.1) is 0 Å². The van der Waals surface area contributed by atoms with Crippen LogP contribution in [0.1, 0.15) is 25.3 Å². The minimum Gasteiger partial charge on any atom is -0.491 e. The number of hydrogen-bond donors (Lipinski definition) is 3. The third kappa shape index (κ3) is 3.72. The number of fused-ring (bicyclic) bond motifs is 1. The Morgan fingerprint density at radius 1 is 1.26 bits per heavy atom. The summed E-state index contributed by atoms with van der Waals surface area (Å²) in [5.41, 5.74) is 22.3. The molecule has 0 saturated carbocycles. The van der Waals surface area contributed by atoms with Crippen molar-refractivity contribution in [3.05, 3.63) is 42.1 Å². The highest BCUT2D eigenvalue weighted by atomic mass is 16.5. The van der Waals surface area contributed by atoms with Gasteiger partial charge in [-0.3, -0.25) is 9.79 Å². The number of aromatic nitrogens is 3. The zero-order chi connectivity index (χ0) is 23.8. The van der Waals surface area contributed by atoms with E-state index in [9.17, 15) is 4.79 Å². The van der Waals surface area contributed by atoms with Gasteiger partial charge in [0.1, 0.15) is 28.6 Å². The van der Waals surface area contributed by atoms with E-state index in [1.165, 1.54) is 6.20 Å². The molecule has 0 radical (unpaired) electrons. The van der Waals surface area contributed by atoms with Crippen molar-refractivity contribution in [2.24, 2.45) is 16.5 Å². The Bertz CT molecular complexity index is 1460. The molecule has 1 aliphatic heterocycles. The van der Waals surface area contributed by atoms with Gasteiger partial charge in [-0.2, -0.15) is 4.98 Å². The molecular formula is C24H25N7O3. The second-order valence-electron chi connectivity index (χ2n) is 8.09. The molecule has 2 aromatic carbocycles. The Labute approximate surface area is 195 Å². The van der Waals surface area contributed by atoms with E-state index in [1.807, 2.05) is 37.3 Å². The Morgan fingerprint density at radius 2 is 2.12 bits per heavy atom. The van der Waals surface area contributed by atoms with E-state index in [0.29, 0.717) is 35.5 Å². The average Bonchev–Trinajstić information content (AvgIpc) is 3.29. The number of nitrogen functional groups attached to an aromatic ring is 1. The number of oxazole rings is 1. The third-order valence-electron chi connectivity index (χ3n) is 5.87. The number of aryl methyl sites for hydroxylation is 1. The summed E-state index contributed by atoms with van der Waals surface area (Å²) in [4.78, 5) is 25.0. The fraction of sp³-hybridized carbons (Fsp3) is 0.250. The molecule has 0 spiro atoms. The van der Waals surface area contributed by atoms with Crippen LogP contribution in [0.25, 0.3) is 39.1 Å². The van der Waals surface area contributed by atoms with Crippen molar-refractivity contribution in [1.29, 1.82) is 0 Å². The number of allylic oxidation sites excluding steroid dienone is 1. The van der Waals surface area contributed by atoms with E-state index in [2.05, 4.69) is 14.5 Å². The van der Waals surface area contributed by atoms with Crippen LogP contribution in [0.5, 0.6) is 5.75 Å². The van der Waals surface area contributed by atoms with Gasteiger partial charge >= 0.3 is 0 Å². The summed E-state index contributed by atoms with van der Waals surface area (Å²) in [6.07, 6.45) is 4.36. The number of primary amides is 1. The molecule has 2 aromatic heterocycles. The van der Waals surface area contributed by atoms with Crippen LogP contribution in [0.3, 0.4) is 0 Å². The van der Waals surface area contributed by atoms with Crippen LogP contribution in [0.15, 0.2) is 45.9 Å². The van der Waals surface area contributed by atoms with E-state index in [0.717, 1.165) is 41.0 Å². The zero-order valence-electron chi connectivity index (χ0n) is 18.7. The fourth-order valence-electron chi connectivity index (χ4n) is 4.20. The van der Waals surface area contributed by atoms with Gasteiger partial charge in [0.25, 0.3) is 6.01 Å². The number of nitrogens with zero attached hydrogens (tertiary/aromatic N) is 4. The molecular weight excluding hydrogens is 434 g/mol. The van der Waals surface area contributed by atoms with E-state index in [-0.39, 0.29) is 6.01 Å². The van der Waals surface area contributed by atoms with Crippen LogP contribution in [-0.4, -0.2) is 39.3 Å². The Morgan fingerprint density at radius 3 is 2.88 bits per heavy atom. The number of carbonyl (C=O) groups is 1. The quantitative estimate of drug-likeness (QED) is 0.374. The van der Waals surface area contributed by atoms with Crippen molar-refractivity contribution in [2.45, 2.75) is 32.4 Å². The molecule has 10 nitrogen and oxygen atoms in total. The summed E-state index contributed by atoms with van der Waals surface area (Å²) in [6.45, 7) is 3.19. The lowest BCUT2D eigenvalue weighted by Gasteiger charge is -2.09. The zero-order valence-corrected chi connectivity index (χ0v) is 18.7. The third-order valence-corrected chi connectivity index (χ3v) is 5.87. The van der Waals surface area contributed by atoms with Gasteiger partial charge in [0, 0.05) is 30.1 Å². The number of carbonyl (C=O) groups excluding carboxylic acids is 1. The largest absolute Gasteiger partial charge is 0.491 e. The van der Waals surface area contributed by atoms with Crippen LogP contribution in [0.2, 0.25) is 0 Å². The molecule has 0 aliphatic carbocycles. The summed E-state index contributed by atoms with van der Waals surface area (Å²) < 4.78 is 13.6. The molecule has 5 rings (SSSR count). The molecule has 3 heterocycles. The highest BCUT2D eigenvalue weighted by Crippen LogP contribution is 2.36. The predicted molar refractivity (Wildman–Crippen MR) is 131 cm³/mol. The van der Waals surface area contributed by atoms with Gasteiger partial charge in [-0.25, -0.2) is 4.98 Å². The van der Waals surface area contributed by atoms with Crippen molar-refractivity contribution in [2.75, 3.05) is 12.3 Å². The molecule has 0 unspecified atom stereocenters. The molecule has 0 fully saturated rings. The minimum absolute atomic E-state index is 0.128. The normalized spacial score (nSPS) is 15.0. The number of nitrogens with two attached hydrogens (primary N) is 3. The van der Waals surface area contributed by atoms with Gasteiger partial charge in [0.05, 0.1) is 12.1 Å². The molecule has 0 bridgehead atoms. The van der Waals surface area contributed by atoms with Crippen molar-refractivity contribution in [3.8, 4) is 17.1 Å². The number of rotatable bonds is 6.